The second kappa shape index (κ2) is 4.11. The van der Waals surface area contributed by atoms with Crippen LogP contribution >= 0.6 is 0 Å². The van der Waals surface area contributed by atoms with Crippen LogP contribution in [-0.2, 0) is 0 Å². The SMILES string of the molecule is COc1cc(C2CCNC2)c(O)cc1C. The molecule has 1 aliphatic heterocycles. The number of aromatic hydroxyl groups is 1. The van der Waals surface area contributed by atoms with Crippen molar-refractivity contribution in [1.29, 1.82) is 0 Å². The summed E-state index contributed by atoms with van der Waals surface area (Å²) in [5.41, 5.74) is 1.98. The van der Waals surface area contributed by atoms with Crippen LogP contribution in [0.25, 0.3) is 0 Å². The van der Waals surface area contributed by atoms with E-state index in [9.17, 15) is 5.11 Å². The molecule has 1 fully saturated rings. The molecule has 0 aliphatic carbocycles. The van der Waals surface area contributed by atoms with Gasteiger partial charge in [-0.25, -0.2) is 0 Å². The molecule has 0 amide bonds. The maximum atomic E-state index is 9.89. The van der Waals surface area contributed by atoms with E-state index in [1.165, 1.54) is 0 Å². The van der Waals surface area contributed by atoms with Crippen LogP contribution in [-0.4, -0.2) is 25.3 Å². The minimum Gasteiger partial charge on any atom is -0.508 e. The molecule has 0 aromatic heterocycles. The van der Waals surface area contributed by atoms with E-state index < -0.39 is 0 Å². The van der Waals surface area contributed by atoms with Gasteiger partial charge in [-0.05, 0) is 37.6 Å². The third-order valence-corrected chi connectivity index (χ3v) is 3.04. The molecule has 1 saturated heterocycles. The number of methoxy groups -OCH3 is 1. The first-order valence-electron chi connectivity index (χ1n) is 5.30. The number of hydrogen-bond acceptors (Lipinski definition) is 3. The van der Waals surface area contributed by atoms with E-state index in [0.717, 1.165) is 36.4 Å². The Balaban J connectivity index is 2.37. The summed E-state index contributed by atoms with van der Waals surface area (Å²) in [6, 6.07) is 3.74. The number of nitrogens with one attached hydrogen (secondary N) is 1. The van der Waals surface area contributed by atoms with Crippen LogP contribution in [0.15, 0.2) is 12.1 Å². The van der Waals surface area contributed by atoms with Gasteiger partial charge in [0.05, 0.1) is 7.11 Å². The van der Waals surface area contributed by atoms with Crippen molar-refractivity contribution in [3.63, 3.8) is 0 Å². The average molecular weight is 207 g/mol. The fourth-order valence-corrected chi connectivity index (χ4v) is 2.16. The lowest BCUT2D eigenvalue weighted by atomic mass is 9.96. The Kier molecular flexibility index (Phi) is 2.82. The quantitative estimate of drug-likeness (QED) is 0.776. The summed E-state index contributed by atoms with van der Waals surface area (Å²) in [7, 11) is 1.66. The largest absolute Gasteiger partial charge is 0.508 e. The smallest absolute Gasteiger partial charge is 0.122 e. The standard InChI is InChI=1S/C12H17NO2/c1-8-5-11(14)10(6-12(8)15-2)9-3-4-13-7-9/h5-6,9,13-14H,3-4,7H2,1-2H3. The molecule has 1 atom stereocenters. The van der Waals surface area contributed by atoms with Gasteiger partial charge in [-0.3, -0.25) is 0 Å². The predicted octanol–water partition coefficient (Wildman–Crippen LogP) is 1.79. The highest BCUT2D eigenvalue weighted by atomic mass is 16.5. The first kappa shape index (κ1) is 10.3. The summed E-state index contributed by atoms with van der Waals surface area (Å²) in [5, 5.41) is 13.2. The molecule has 1 unspecified atom stereocenters. The van der Waals surface area contributed by atoms with Crippen molar-refractivity contribution in [1.82, 2.24) is 5.32 Å². The number of phenols is 1. The van der Waals surface area contributed by atoms with Crippen molar-refractivity contribution in [2.45, 2.75) is 19.3 Å². The molecule has 1 aromatic carbocycles. The van der Waals surface area contributed by atoms with Crippen LogP contribution in [0.1, 0.15) is 23.5 Å². The zero-order valence-corrected chi connectivity index (χ0v) is 9.21. The van der Waals surface area contributed by atoms with E-state index in [0.29, 0.717) is 11.7 Å². The molecular formula is C12H17NO2. The number of phenolic OH excluding ortho intramolecular Hbond substituents is 1. The molecule has 0 radical (unpaired) electrons. The molecule has 0 bridgehead atoms. The zero-order valence-electron chi connectivity index (χ0n) is 9.21. The first-order chi connectivity index (χ1) is 7.22. The molecule has 2 rings (SSSR count). The fraction of sp³-hybridized carbons (Fsp3) is 0.500. The second-order valence-corrected chi connectivity index (χ2v) is 4.07. The predicted molar refractivity (Wildman–Crippen MR) is 59.6 cm³/mol. The molecule has 0 saturated carbocycles. The van der Waals surface area contributed by atoms with Crippen molar-refractivity contribution in [3.8, 4) is 11.5 Å². The summed E-state index contributed by atoms with van der Waals surface area (Å²) in [4.78, 5) is 0. The lowest BCUT2D eigenvalue weighted by molar-refractivity contribution is 0.406. The van der Waals surface area contributed by atoms with Crippen LogP contribution < -0.4 is 10.1 Å². The van der Waals surface area contributed by atoms with Gasteiger partial charge in [0, 0.05) is 18.0 Å². The molecule has 1 aliphatic rings. The maximum absolute atomic E-state index is 9.89. The minimum absolute atomic E-state index is 0.391. The summed E-state index contributed by atoms with van der Waals surface area (Å²) in [5.74, 6) is 1.66. The van der Waals surface area contributed by atoms with Crippen LogP contribution in [0, 0.1) is 6.92 Å². The average Bonchev–Trinajstić information content (AvgIpc) is 2.71. The van der Waals surface area contributed by atoms with Gasteiger partial charge in [-0.2, -0.15) is 0 Å². The van der Waals surface area contributed by atoms with E-state index in [4.69, 9.17) is 4.74 Å². The third-order valence-electron chi connectivity index (χ3n) is 3.04. The zero-order chi connectivity index (χ0) is 10.8. The highest BCUT2D eigenvalue weighted by molar-refractivity contribution is 5.47. The second-order valence-electron chi connectivity index (χ2n) is 4.07. The van der Waals surface area contributed by atoms with Gasteiger partial charge in [-0.15, -0.1) is 0 Å². The topological polar surface area (TPSA) is 41.5 Å². The molecular weight excluding hydrogens is 190 g/mol. The number of ether oxygens (including phenoxy) is 1. The monoisotopic (exact) mass is 207 g/mol. The summed E-state index contributed by atoms with van der Waals surface area (Å²) >= 11 is 0. The van der Waals surface area contributed by atoms with Crippen LogP contribution in [0.4, 0.5) is 0 Å². The van der Waals surface area contributed by atoms with Gasteiger partial charge in [0.2, 0.25) is 0 Å². The molecule has 0 spiro atoms. The number of aryl methyl sites for hydroxylation is 1. The molecule has 82 valence electrons. The van der Waals surface area contributed by atoms with Crippen molar-refractivity contribution in [2.75, 3.05) is 20.2 Å². The van der Waals surface area contributed by atoms with Gasteiger partial charge >= 0.3 is 0 Å². The van der Waals surface area contributed by atoms with E-state index in [1.54, 1.807) is 13.2 Å². The minimum atomic E-state index is 0.391. The van der Waals surface area contributed by atoms with Crippen molar-refractivity contribution in [2.24, 2.45) is 0 Å². The summed E-state index contributed by atoms with van der Waals surface area (Å²) < 4.78 is 5.27. The van der Waals surface area contributed by atoms with Crippen molar-refractivity contribution < 1.29 is 9.84 Å². The van der Waals surface area contributed by atoms with E-state index >= 15 is 0 Å². The molecule has 3 nitrogen and oxygen atoms in total. The third kappa shape index (κ3) is 1.92. The summed E-state index contributed by atoms with van der Waals surface area (Å²) in [6.45, 7) is 3.91. The van der Waals surface area contributed by atoms with Crippen molar-refractivity contribution in [3.05, 3.63) is 23.3 Å². The van der Waals surface area contributed by atoms with E-state index in [2.05, 4.69) is 5.32 Å². The molecule has 2 N–H and O–H groups in total. The van der Waals surface area contributed by atoms with Crippen molar-refractivity contribution >= 4 is 0 Å². The van der Waals surface area contributed by atoms with Crippen LogP contribution in [0.5, 0.6) is 11.5 Å². The highest BCUT2D eigenvalue weighted by Gasteiger charge is 2.20. The van der Waals surface area contributed by atoms with E-state index in [1.807, 2.05) is 13.0 Å². The number of rotatable bonds is 2. The highest BCUT2D eigenvalue weighted by Crippen LogP contribution is 2.34. The first-order valence-corrected chi connectivity index (χ1v) is 5.30. The number of hydrogen-bond donors (Lipinski definition) is 2. The molecule has 3 heteroatoms. The molecule has 15 heavy (non-hydrogen) atoms. The Hall–Kier alpha value is -1.22. The Morgan fingerprint density at radius 2 is 2.27 bits per heavy atom. The Morgan fingerprint density at radius 1 is 1.47 bits per heavy atom. The summed E-state index contributed by atoms with van der Waals surface area (Å²) in [6.07, 6.45) is 1.08. The fourth-order valence-electron chi connectivity index (χ4n) is 2.16. The lowest BCUT2D eigenvalue weighted by Crippen LogP contribution is -2.08. The van der Waals surface area contributed by atoms with Gasteiger partial charge in [0.25, 0.3) is 0 Å². The lowest BCUT2D eigenvalue weighted by Gasteiger charge is -2.14. The maximum Gasteiger partial charge on any atom is 0.122 e. The Morgan fingerprint density at radius 3 is 2.87 bits per heavy atom. The Bertz CT molecular complexity index is 357. The number of benzene rings is 1. The van der Waals surface area contributed by atoms with Gasteiger partial charge < -0.3 is 15.2 Å². The molecule has 1 heterocycles. The van der Waals surface area contributed by atoms with Crippen LogP contribution in [0.3, 0.4) is 0 Å². The van der Waals surface area contributed by atoms with Gasteiger partial charge in [-0.1, -0.05) is 0 Å². The van der Waals surface area contributed by atoms with Gasteiger partial charge in [0.15, 0.2) is 0 Å². The normalized spacial score (nSPS) is 20.5. The molecule has 1 aromatic rings. The van der Waals surface area contributed by atoms with Crippen LogP contribution in [0.2, 0.25) is 0 Å². The Labute approximate surface area is 90.1 Å². The van der Waals surface area contributed by atoms with E-state index in [-0.39, 0.29) is 0 Å². The van der Waals surface area contributed by atoms with Gasteiger partial charge in [0.1, 0.15) is 11.5 Å².